The highest BCUT2D eigenvalue weighted by Gasteiger charge is 2.29. The van der Waals surface area contributed by atoms with Gasteiger partial charge in [-0.1, -0.05) is 19.3 Å². The average Bonchev–Trinajstić information content (AvgIpc) is 2.34. The predicted octanol–water partition coefficient (Wildman–Crippen LogP) is 1.88. The SMILES string of the molecule is CC(C)N(C)CCCNC(=O)CC1(N)CCCCC1. The van der Waals surface area contributed by atoms with Gasteiger partial charge in [0.1, 0.15) is 0 Å². The Kier molecular flexibility index (Phi) is 6.80. The first-order chi connectivity index (χ1) is 8.93. The minimum atomic E-state index is -0.239. The lowest BCUT2D eigenvalue weighted by Crippen LogP contribution is -2.46. The number of nitrogens with two attached hydrogens (primary N) is 1. The summed E-state index contributed by atoms with van der Waals surface area (Å²) in [6.45, 7) is 6.14. The molecule has 0 aromatic carbocycles. The fourth-order valence-electron chi connectivity index (χ4n) is 2.63. The second-order valence-electron chi connectivity index (χ2n) is 6.38. The maximum Gasteiger partial charge on any atom is 0.221 e. The van der Waals surface area contributed by atoms with E-state index in [0.717, 1.165) is 32.4 Å². The molecule has 0 radical (unpaired) electrons. The largest absolute Gasteiger partial charge is 0.356 e. The zero-order chi connectivity index (χ0) is 14.3. The molecule has 3 N–H and O–H groups in total. The lowest BCUT2D eigenvalue weighted by molar-refractivity contribution is -0.122. The van der Waals surface area contributed by atoms with E-state index in [0.29, 0.717) is 12.5 Å². The third kappa shape index (κ3) is 6.39. The van der Waals surface area contributed by atoms with Gasteiger partial charge in [-0.05, 0) is 46.7 Å². The Morgan fingerprint density at radius 2 is 1.95 bits per heavy atom. The Labute approximate surface area is 118 Å². The summed E-state index contributed by atoms with van der Waals surface area (Å²) in [6.07, 6.45) is 7.09. The average molecular weight is 269 g/mol. The summed E-state index contributed by atoms with van der Waals surface area (Å²) in [5.74, 6) is 0.122. The highest BCUT2D eigenvalue weighted by Crippen LogP contribution is 2.28. The molecule has 0 atom stereocenters. The van der Waals surface area contributed by atoms with Gasteiger partial charge in [0, 0.05) is 24.5 Å². The van der Waals surface area contributed by atoms with E-state index < -0.39 is 0 Å². The molecule has 1 amide bonds. The lowest BCUT2D eigenvalue weighted by atomic mass is 9.80. The second-order valence-corrected chi connectivity index (χ2v) is 6.38. The fraction of sp³-hybridized carbons (Fsp3) is 0.933. The Morgan fingerprint density at radius 1 is 1.32 bits per heavy atom. The molecule has 1 rings (SSSR count). The van der Waals surface area contributed by atoms with Gasteiger partial charge in [0.25, 0.3) is 0 Å². The molecule has 4 nitrogen and oxygen atoms in total. The summed E-state index contributed by atoms with van der Waals surface area (Å²) in [5, 5.41) is 3.00. The molecule has 1 saturated carbocycles. The normalized spacial score (nSPS) is 18.8. The Bertz CT molecular complexity index is 273. The number of carbonyl (C=O) groups is 1. The van der Waals surface area contributed by atoms with E-state index in [2.05, 4.69) is 31.1 Å². The molecule has 4 heteroatoms. The molecule has 0 heterocycles. The third-order valence-electron chi connectivity index (χ3n) is 4.25. The van der Waals surface area contributed by atoms with Gasteiger partial charge >= 0.3 is 0 Å². The van der Waals surface area contributed by atoms with Crippen LogP contribution in [-0.2, 0) is 4.79 Å². The van der Waals surface area contributed by atoms with Crippen LogP contribution in [0.1, 0.15) is 58.8 Å². The summed E-state index contributed by atoms with van der Waals surface area (Å²) in [5.41, 5.74) is 6.04. The lowest BCUT2D eigenvalue weighted by Gasteiger charge is -2.32. The van der Waals surface area contributed by atoms with Crippen LogP contribution in [-0.4, -0.2) is 42.5 Å². The van der Waals surface area contributed by atoms with Gasteiger partial charge in [0.2, 0.25) is 5.91 Å². The molecule has 112 valence electrons. The first kappa shape index (κ1) is 16.4. The standard InChI is InChI=1S/C15H31N3O/c1-13(2)18(3)11-7-10-17-14(19)12-15(16)8-5-4-6-9-15/h13H,4-12,16H2,1-3H3,(H,17,19). The number of carbonyl (C=O) groups excluding carboxylic acids is 1. The second kappa shape index (κ2) is 7.85. The quantitative estimate of drug-likeness (QED) is 0.694. The topological polar surface area (TPSA) is 58.4 Å². The van der Waals surface area contributed by atoms with Gasteiger partial charge in [-0.2, -0.15) is 0 Å². The van der Waals surface area contributed by atoms with Gasteiger partial charge in [0.05, 0.1) is 0 Å². The molecule has 19 heavy (non-hydrogen) atoms. The predicted molar refractivity (Wildman–Crippen MR) is 80.0 cm³/mol. The maximum atomic E-state index is 11.9. The molecule has 0 aliphatic heterocycles. The Hall–Kier alpha value is -0.610. The van der Waals surface area contributed by atoms with Gasteiger partial charge in [0.15, 0.2) is 0 Å². The highest BCUT2D eigenvalue weighted by atomic mass is 16.1. The van der Waals surface area contributed by atoms with Crippen molar-refractivity contribution >= 4 is 5.91 Å². The minimum Gasteiger partial charge on any atom is -0.356 e. The monoisotopic (exact) mass is 269 g/mol. The smallest absolute Gasteiger partial charge is 0.221 e. The van der Waals surface area contributed by atoms with Crippen molar-refractivity contribution in [3.63, 3.8) is 0 Å². The zero-order valence-electron chi connectivity index (χ0n) is 12.9. The van der Waals surface area contributed by atoms with Crippen molar-refractivity contribution in [1.82, 2.24) is 10.2 Å². The van der Waals surface area contributed by atoms with E-state index in [4.69, 9.17) is 5.73 Å². The van der Waals surface area contributed by atoms with E-state index in [1.807, 2.05) is 0 Å². The number of hydrogen-bond acceptors (Lipinski definition) is 3. The van der Waals surface area contributed by atoms with Gasteiger partial charge in [-0.3, -0.25) is 4.79 Å². The summed E-state index contributed by atoms with van der Waals surface area (Å²) < 4.78 is 0. The summed E-state index contributed by atoms with van der Waals surface area (Å²) in [7, 11) is 2.11. The molecule has 0 bridgehead atoms. The molecule has 0 spiro atoms. The summed E-state index contributed by atoms with van der Waals surface area (Å²) in [6, 6.07) is 0.560. The van der Waals surface area contributed by atoms with Crippen LogP contribution in [0.2, 0.25) is 0 Å². The molecular formula is C15H31N3O. The molecule has 0 unspecified atom stereocenters. The van der Waals surface area contributed by atoms with Crippen molar-refractivity contribution < 1.29 is 4.79 Å². The van der Waals surface area contributed by atoms with Gasteiger partial charge in [-0.15, -0.1) is 0 Å². The Balaban J connectivity index is 2.14. The summed E-state index contributed by atoms with van der Waals surface area (Å²) in [4.78, 5) is 14.2. The van der Waals surface area contributed by atoms with E-state index >= 15 is 0 Å². The van der Waals surface area contributed by atoms with E-state index in [1.165, 1.54) is 19.3 Å². The van der Waals surface area contributed by atoms with Crippen molar-refractivity contribution in [3.05, 3.63) is 0 Å². The van der Waals surface area contributed by atoms with Crippen LogP contribution in [0.25, 0.3) is 0 Å². The summed E-state index contributed by atoms with van der Waals surface area (Å²) >= 11 is 0. The molecular weight excluding hydrogens is 238 g/mol. The van der Waals surface area contributed by atoms with Gasteiger partial charge < -0.3 is 16.0 Å². The zero-order valence-corrected chi connectivity index (χ0v) is 12.9. The van der Waals surface area contributed by atoms with Crippen molar-refractivity contribution in [2.45, 2.75) is 70.4 Å². The number of rotatable bonds is 7. The van der Waals surface area contributed by atoms with Crippen LogP contribution in [0.4, 0.5) is 0 Å². The van der Waals surface area contributed by atoms with Crippen LogP contribution in [0.5, 0.6) is 0 Å². The maximum absolute atomic E-state index is 11.9. The number of amides is 1. The van der Waals surface area contributed by atoms with Crippen molar-refractivity contribution in [2.24, 2.45) is 5.73 Å². The molecule has 1 fully saturated rings. The van der Waals surface area contributed by atoms with E-state index in [1.54, 1.807) is 0 Å². The first-order valence-corrected chi connectivity index (χ1v) is 7.69. The molecule has 0 saturated heterocycles. The minimum absolute atomic E-state index is 0.122. The number of nitrogens with one attached hydrogen (secondary N) is 1. The van der Waals surface area contributed by atoms with Crippen molar-refractivity contribution in [2.75, 3.05) is 20.1 Å². The molecule has 0 aromatic heterocycles. The van der Waals surface area contributed by atoms with E-state index in [9.17, 15) is 4.79 Å². The first-order valence-electron chi connectivity index (χ1n) is 7.69. The van der Waals surface area contributed by atoms with Crippen LogP contribution in [0, 0.1) is 0 Å². The van der Waals surface area contributed by atoms with Crippen LogP contribution >= 0.6 is 0 Å². The van der Waals surface area contributed by atoms with E-state index in [-0.39, 0.29) is 11.4 Å². The molecule has 1 aliphatic carbocycles. The number of hydrogen-bond donors (Lipinski definition) is 2. The molecule has 0 aromatic rings. The van der Waals surface area contributed by atoms with Crippen molar-refractivity contribution in [1.29, 1.82) is 0 Å². The van der Waals surface area contributed by atoms with Crippen LogP contribution < -0.4 is 11.1 Å². The fourth-order valence-corrected chi connectivity index (χ4v) is 2.63. The van der Waals surface area contributed by atoms with Crippen LogP contribution in [0.15, 0.2) is 0 Å². The molecule has 1 aliphatic rings. The Morgan fingerprint density at radius 3 is 2.53 bits per heavy atom. The number of nitrogens with zero attached hydrogens (tertiary/aromatic N) is 1. The van der Waals surface area contributed by atoms with Crippen molar-refractivity contribution in [3.8, 4) is 0 Å². The van der Waals surface area contributed by atoms with Gasteiger partial charge in [-0.25, -0.2) is 0 Å². The third-order valence-corrected chi connectivity index (χ3v) is 4.25. The highest BCUT2D eigenvalue weighted by molar-refractivity contribution is 5.77. The van der Waals surface area contributed by atoms with Crippen LogP contribution in [0.3, 0.4) is 0 Å².